The minimum absolute atomic E-state index is 0. The smallest absolute Gasteiger partial charge is 0.121 e. The third-order valence-corrected chi connectivity index (χ3v) is 10.8. The second-order valence-electron chi connectivity index (χ2n) is 15.5. The van der Waals surface area contributed by atoms with Crippen LogP contribution in [0, 0.1) is 38.3 Å². The zero-order valence-electron chi connectivity index (χ0n) is 30.7. The molecule has 0 amide bonds. The van der Waals surface area contributed by atoms with E-state index in [4.69, 9.17) is 9.40 Å². The largest absolute Gasteiger partial charge is 0.501 e. The molecule has 257 valence electrons. The fourth-order valence-electron chi connectivity index (χ4n) is 6.27. The van der Waals surface area contributed by atoms with Crippen LogP contribution in [0.1, 0.15) is 43.0 Å². The maximum atomic E-state index is 6.46. The van der Waals surface area contributed by atoms with Crippen LogP contribution in [0.4, 0.5) is 0 Å². The molecule has 0 N–H and O–H groups in total. The minimum atomic E-state index is -1.23. The molecular formula is C45H46IrN2OSi-2. The van der Waals surface area contributed by atoms with Gasteiger partial charge in [-0.05, 0) is 71.9 Å². The van der Waals surface area contributed by atoms with Gasteiger partial charge in [0.15, 0.2) is 0 Å². The van der Waals surface area contributed by atoms with Crippen molar-refractivity contribution in [1.82, 2.24) is 9.97 Å². The van der Waals surface area contributed by atoms with E-state index in [1.807, 2.05) is 42.7 Å². The summed E-state index contributed by atoms with van der Waals surface area (Å²) in [4.78, 5) is 9.27. The Balaban J connectivity index is 0.000000241. The van der Waals surface area contributed by atoms with Crippen molar-refractivity contribution in [2.75, 3.05) is 0 Å². The maximum absolute atomic E-state index is 6.46. The normalized spacial score (nSPS) is 11.6. The van der Waals surface area contributed by atoms with Gasteiger partial charge in [-0.3, -0.25) is 0 Å². The van der Waals surface area contributed by atoms with Crippen molar-refractivity contribution >= 4 is 35.2 Å². The Morgan fingerprint density at radius 1 is 0.700 bits per heavy atom. The van der Waals surface area contributed by atoms with Crippen molar-refractivity contribution in [1.29, 1.82) is 0 Å². The van der Waals surface area contributed by atoms with Gasteiger partial charge in [0.25, 0.3) is 0 Å². The van der Waals surface area contributed by atoms with Crippen molar-refractivity contribution in [2.24, 2.45) is 5.41 Å². The van der Waals surface area contributed by atoms with E-state index < -0.39 is 8.07 Å². The number of aromatic nitrogens is 2. The van der Waals surface area contributed by atoms with Crippen LogP contribution in [0.25, 0.3) is 55.6 Å². The van der Waals surface area contributed by atoms with Crippen LogP contribution in [0.2, 0.25) is 19.6 Å². The summed E-state index contributed by atoms with van der Waals surface area (Å²) >= 11 is 0. The molecule has 0 aliphatic rings. The molecule has 1 radical (unpaired) electrons. The van der Waals surface area contributed by atoms with Gasteiger partial charge in [0, 0.05) is 37.9 Å². The summed E-state index contributed by atoms with van der Waals surface area (Å²) in [7, 11) is -1.23. The summed E-state index contributed by atoms with van der Waals surface area (Å²) in [6.45, 7) is 20.2. The molecule has 3 nitrogen and oxygen atoms in total. The molecule has 4 aromatic carbocycles. The predicted octanol–water partition coefficient (Wildman–Crippen LogP) is 11.7. The van der Waals surface area contributed by atoms with E-state index in [9.17, 15) is 0 Å². The summed E-state index contributed by atoms with van der Waals surface area (Å²) in [5.74, 6) is 0. The number of benzene rings is 4. The summed E-state index contributed by atoms with van der Waals surface area (Å²) in [5, 5.41) is 3.62. The Bertz CT molecular complexity index is 2220. The van der Waals surface area contributed by atoms with Gasteiger partial charge in [0.05, 0.1) is 13.7 Å². The van der Waals surface area contributed by atoms with E-state index in [1.54, 1.807) is 0 Å². The van der Waals surface area contributed by atoms with Crippen LogP contribution in [0.3, 0.4) is 0 Å². The molecule has 0 spiro atoms. The SMILES string of the molecule is C[Si](C)(C)c1ccc(-c2[c-]cccc2)nc1.Cc1cc(C)cc(-c2ccc3c(c2)oc2c(-c4cc(CC(C)(C)C)c(C)cn4)[c-]ccc23)c1.[Ir]. The second kappa shape index (κ2) is 15.0. The van der Waals surface area contributed by atoms with E-state index in [0.717, 1.165) is 50.9 Å². The number of aryl methyl sites for hydroxylation is 3. The fourth-order valence-corrected chi connectivity index (χ4v) is 7.30. The molecule has 0 unspecified atom stereocenters. The summed E-state index contributed by atoms with van der Waals surface area (Å²) in [6.07, 6.45) is 5.00. The van der Waals surface area contributed by atoms with E-state index in [0.29, 0.717) is 0 Å². The average molecular weight is 851 g/mol. The molecule has 0 saturated carbocycles. The average Bonchev–Trinajstić information content (AvgIpc) is 3.43. The first-order chi connectivity index (χ1) is 23.2. The Hall–Kier alpha value is -4.15. The molecule has 0 bridgehead atoms. The Morgan fingerprint density at radius 3 is 2.08 bits per heavy atom. The molecular weight excluding hydrogens is 805 g/mol. The Morgan fingerprint density at radius 2 is 1.44 bits per heavy atom. The standard InChI is InChI=1S/C31H30NO.C14H16NSi.Ir/c1-19-12-20(2)14-23(13-19)22-10-11-25-26-8-7-9-27(30(26)33-29(25)16-22)28-15-24(17-31(4,5)6)21(3)18-32-28;1-16(2,3)13-9-10-14(15-11-13)12-7-5-4-6-8-12;/h7-8,10-16,18H,17H2,1-6H3;4-7,9-11H,1-3H3;/q2*-1;. The van der Waals surface area contributed by atoms with E-state index in [-0.39, 0.29) is 25.5 Å². The Labute approximate surface area is 312 Å². The number of furan rings is 1. The molecule has 3 aromatic heterocycles. The van der Waals surface area contributed by atoms with Crippen molar-refractivity contribution in [3.05, 3.63) is 138 Å². The third-order valence-electron chi connectivity index (χ3n) is 8.79. The van der Waals surface area contributed by atoms with Gasteiger partial charge >= 0.3 is 0 Å². The van der Waals surface area contributed by atoms with Gasteiger partial charge in [-0.25, -0.2) is 0 Å². The van der Waals surface area contributed by atoms with Gasteiger partial charge in [-0.2, -0.15) is 0 Å². The van der Waals surface area contributed by atoms with Crippen LogP contribution in [-0.2, 0) is 26.5 Å². The number of nitrogens with zero attached hydrogens (tertiary/aromatic N) is 2. The van der Waals surface area contributed by atoms with E-state index >= 15 is 0 Å². The molecule has 0 aliphatic carbocycles. The zero-order chi connectivity index (χ0) is 34.9. The van der Waals surface area contributed by atoms with Crippen LogP contribution < -0.4 is 5.19 Å². The summed E-state index contributed by atoms with van der Waals surface area (Å²) in [5.41, 5.74) is 13.3. The number of rotatable bonds is 5. The topological polar surface area (TPSA) is 38.9 Å². The van der Waals surface area contributed by atoms with Crippen LogP contribution in [-0.4, -0.2) is 18.0 Å². The van der Waals surface area contributed by atoms with Crippen LogP contribution >= 0.6 is 0 Å². The number of pyridine rings is 2. The molecule has 0 aliphatic heterocycles. The van der Waals surface area contributed by atoms with Gasteiger partial charge in [-0.1, -0.05) is 117 Å². The van der Waals surface area contributed by atoms with E-state index in [2.05, 4.69) is 139 Å². The van der Waals surface area contributed by atoms with Crippen molar-refractivity contribution in [3.63, 3.8) is 0 Å². The van der Waals surface area contributed by atoms with Crippen molar-refractivity contribution < 1.29 is 24.5 Å². The van der Waals surface area contributed by atoms with E-state index in [1.165, 1.54) is 38.6 Å². The van der Waals surface area contributed by atoms with Crippen LogP contribution in [0.5, 0.6) is 0 Å². The number of hydrogen-bond acceptors (Lipinski definition) is 3. The van der Waals surface area contributed by atoms with Gasteiger partial charge in [0.1, 0.15) is 5.58 Å². The van der Waals surface area contributed by atoms with Crippen LogP contribution in [0.15, 0.2) is 108 Å². The summed E-state index contributed by atoms with van der Waals surface area (Å²) < 4.78 is 6.46. The minimum Gasteiger partial charge on any atom is -0.501 e. The molecule has 0 saturated heterocycles. The Kier molecular flexibility index (Phi) is 11.1. The predicted molar refractivity (Wildman–Crippen MR) is 210 cm³/mol. The molecule has 7 rings (SSSR count). The molecule has 0 fully saturated rings. The van der Waals surface area contributed by atoms with Crippen molar-refractivity contribution in [2.45, 2.75) is 67.6 Å². The molecule has 3 heterocycles. The molecule has 50 heavy (non-hydrogen) atoms. The summed E-state index contributed by atoms with van der Waals surface area (Å²) in [6, 6.07) is 38.3. The molecule has 5 heteroatoms. The number of fused-ring (bicyclic) bond motifs is 3. The second-order valence-corrected chi connectivity index (χ2v) is 20.6. The fraction of sp³-hybridized carbons (Fsp3) is 0.244. The van der Waals surface area contributed by atoms with Crippen molar-refractivity contribution in [3.8, 4) is 33.6 Å². The first-order valence-corrected chi connectivity index (χ1v) is 20.6. The maximum Gasteiger partial charge on any atom is 0.121 e. The first-order valence-electron chi connectivity index (χ1n) is 17.1. The molecule has 7 aromatic rings. The third kappa shape index (κ3) is 8.58. The van der Waals surface area contributed by atoms with Gasteiger partial charge in [-0.15, -0.1) is 54.1 Å². The zero-order valence-corrected chi connectivity index (χ0v) is 34.1. The van der Waals surface area contributed by atoms with Gasteiger partial charge in [0.2, 0.25) is 0 Å². The van der Waals surface area contributed by atoms with Gasteiger partial charge < -0.3 is 14.4 Å². The monoisotopic (exact) mass is 851 g/mol. The number of hydrogen-bond donors (Lipinski definition) is 0. The first kappa shape index (κ1) is 37.1. The quantitative estimate of drug-likeness (QED) is 0.128. The molecule has 0 atom stereocenters.